The number of carbonyl (C=O) groups is 1. The van der Waals surface area contributed by atoms with Crippen LogP contribution in [0.25, 0.3) is 0 Å². The van der Waals surface area contributed by atoms with E-state index in [1.807, 2.05) is 0 Å². The maximum atomic E-state index is 12.6. The quantitative estimate of drug-likeness (QED) is 0.0268. The Morgan fingerprint density at radius 2 is 0.875 bits per heavy atom. The van der Waals surface area contributed by atoms with E-state index in [4.69, 9.17) is 24.3 Å². The molecule has 0 aromatic carbocycles. The summed E-state index contributed by atoms with van der Waals surface area (Å²) in [6.07, 6.45) is 69.8. The molecule has 9 heteroatoms. The minimum Gasteiger partial charge on any atom is -0.457 e. The monoisotopic (exact) mass is 912 g/mol. The third kappa shape index (κ3) is 50.2. The van der Waals surface area contributed by atoms with E-state index in [-0.39, 0.29) is 38.8 Å². The largest absolute Gasteiger partial charge is 0.472 e. The highest BCUT2D eigenvalue weighted by Gasteiger charge is 2.25. The normalized spacial score (nSPS) is 14.2. The molecule has 0 spiro atoms. The number of carbonyl (C=O) groups excluding carboxylic acids is 1. The lowest BCUT2D eigenvalue weighted by Gasteiger charge is -2.20. The predicted molar refractivity (Wildman–Crippen MR) is 274 cm³/mol. The molecule has 0 aromatic rings. The Morgan fingerprint density at radius 3 is 1.31 bits per heavy atom. The van der Waals surface area contributed by atoms with Gasteiger partial charge in [0.15, 0.2) is 0 Å². The first-order chi connectivity index (χ1) is 31.4. The second kappa shape index (κ2) is 51.1. The van der Waals surface area contributed by atoms with Gasteiger partial charge in [-0.3, -0.25) is 13.8 Å². The molecule has 2 atom stereocenters. The molecule has 0 heterocycles. The van der Waals surface area contributed by atoms with Crippen molar-refractivity contribution >= 4 is 13.8 Å². The van der Waals surface area contributed by atoms with Crippen LogP contribution in [0.3, 0.4) is 0 Å². The van der Waals surface area contributed by atoms with Gasteiger partial charge in [0.05, 0.1) is 19.8 Å². The summed E-state index contributed by atoms with van der Waals surface area (Å²) in [6.45, 7) is 4.70. The zero-order valence-corrected chi connectivity index (χ0v) is 41.6. The number of nitrogens with two attached hydrogens (primary N) is 1. The molecule has 0 fully saturated rings. The van der Waals surface area contributed by atoms with E-state index < -0.39 is 13.9 Å². The molecule has 0 rings (SSSR count). The Kier molecular flexibility index (Phi) is 48.9. The van der Waals surface area contributed by atoms with E-state index in [2.05, 4.69) is 123 Å². The van der Waals surface area contributed by atoms with E-state index >= 15 is 0 Å². The van der Waals surface area contributed by atoms with Gasteiger partial charge in [0.1, 0.15) is 6.10 Å². The summed E-state index contributed by atoms with van der Waals surface area (Å²) in [5, 5.41) is 0. The maximum Gasteiger partial charge on any atom is 0.472 e. The molecule has 366 valence electrons. The van der Waals surface area contributed by atoms with E-state index in [9.17, 15) is 14.3 Å². The second-order valence-electron chi connectivity index (χ2n) is 16.3. The van der Waals surface area contributed by atoms with Crippen molar-refractivity contribution in [2.45, 2.75) is 200 Å². The number of phosphoric ester groups is 1. The highest BCUT2D eigenvalue weighted by molar-refractivity contribution is 7.47. The van der Waals surface area contributed by atoms with Crippen molar-refractivity contribution in [2.75, 3.05) is 33.0 Å². The molecule has 0 amide bonds. The van der Waals surface area contributed by atoms with Gasteiger partial charge in [0.25, 0.3) is 0 Å². The van der Waals surface area contributed by atoms with E-state index in [1.54, 1.807) is 0 Å². The van der Waals surface area contributed by atoms with Crippen molar-refractivity contribution in [3.05, 3.63) is 109 Å². The molecule has 0 aliphatic heterocycles. The van der Waals surface area contributed by atoms with Gasteiger partial charge in [-0.05, 0) is 103 Å². The Hall–Kier alpha value is -2.84. The minimum absolute atomic E-state index is 0.0857. The molecule has 64 heavy (non-hydrogen) atoms. The Bertz CT molecular complexity index is 1350. The van der Waals surface area contributed by atoms with Gasteiger partial charge in [-0.2, -0.15) is 0 Å². The van der Waals surface area contributed by atoms with E-state index in [0.717, 1.165) is 77.0 Å². The second-order valence-corrected chi connectivity index (χ2v) is 17.7. The number of phosphoric acid groups is 1. The lowest BCUT2D eigenvalue weighted by Crippen LogP contribution is -2.28. The van der Waals surface area contributed by atoms with Crippen LogP contribution in [0, 0.1) is 0 Å². The summed E-state index contributed by atoms with van der Waals surface area (Å²) in [6, 6.07) is 0. The van der Waals surface area contributed by atoms with Crippen molar-refractivity contribution in [1.82, 2.24) is 0 Å². The fourth-order valence-electron chi connectivity index (χ4n) is 6.48. The van der Waals surface area contributed by atoms with Crippen LogP contribution in [-0.2, 0) is 27.9 Å². The number of ether oxygens (including phenoxy) is 2. The first kappa shape index (κ1) is 61.2. The fourth-order valence-corrected chi connectivity index (χ4v) is 7.24. The lowest BCUT2D eigenvalue weighted by molar-refractivity contribution is -0.154. The zero-order chi connectivity index (χ0) is 46.5. The number of hydrogen-bond acceptors (Lipinski definition) is 7. The van der Waals surface area contributed by atoms with Gasteiger partial charge < -0.3 is 20.1 Å². The van der Waals surface area contributed by atoms with Gasteiger partial charge in [-0.15, -0.1) is 0 Å². The predicted octanol–water partition coefficient (Wildman–Crippen LogP) is 16.0. The van der Waals surface area contributed by atoms with E-state index in [1.165, 1.54) is 89.9 Å². The molecule has 3 N–H and O–H groups in total. The summed E-state index contributed by atoms with van der Waals surface area (Å²) in [5.74, 6) is -0.377. The van der Waals surface area contributed by atoms with Crippen molar-refractivity contribution in [1.29, 1.82) is 0 Å². The van der Waals surface area contributed by atoms with Crippen LogP contribution in [0.1, 0.15) is 194 Å². The Morgan fingerprint density at radius 1 is 0.484 bits per heavy atom. The Labute approximate surface area is 393 Å². The minimum atomic E-state index is -4.31. The van der Waals surface area contributed by atoms with Crippen LogP contribution >= 0.6 is 7.82 Å². The topological polar surface area (TPSA) is 117 Å². The van der Waals surface area contributed by atoms with Crippen LogP contribution in [0.2, 0.25) is 0 Å². The summed E-state index contributed by atoms with van der Waals surface area (Å²) >= 11 is 0. The molecule has 0 aliphatic carbocycles. The van der Waals surface area contributed by atoms with Gasteiger partial charge in [-0.1, -0.05) is 194 Å². The number of unbranched alkanes of at least 4 members (excludes halogenated alkanes) is 16. The highest BCUT2D eigenvalue weighted by Crippen LogP contribution is 2.43. The lowest BCUT2D eigenvalue weighted by atomic mass is 10.1. The molecule has 0 radical (unpaired) electrons. The van der Waals surface area contributed by atoms with Crippen LogP contribution < -0.4 is 5.73 Å². The van der Waals surface area contributed by atoms with Crippen molar-refractivity contribution in [3.8, 4) is 0 Å². The van der Waals surface area contributed by atoms with Gasteiger partial charge in [-0.25, -0.2) is 4.57 Å². The maximum absolute atomic E-state index is 12.6. The number of hydrogen-bond donors (Lipinski definition) is 2. The highest BCUT2D eigenvalue weighted by atomic mass is 31.2. The average Bonchev–Trinajstić information content (AvgIpc) is 3.29. The van der Waals surface area contributed by atoms with Crippen molar-refractivity contribution < 1.29 is 32.8 Å². The third-order valence-corrected chi connectivity index (χ3v) is 11.2. The first-order valence-electron chi connectivity index (χ1n) is 25.4. The molecule has 0 saturated carbocycles. The standard InChI is InChI=1S/C55H94NO7P/c1-3-5-7-9-11-13-15-17-19-21-23-25-26-27-29-31-33-35-37-39-41-43-45-47-50-60-52-54(53-62-64(58,59)61-51-49-56)63-55(57)48-46-44-42-40-38-36-34-32-30-28-24-22-20-18-16-14-12-10-8-6-4-2/h6,8,12,14-15,17-18,20-21,23-24,26-28,32,34,38,40,54H,3-5,7,9-11,13,16,19,22,25,29-31,33,35-37,39,41-53,56H2,1-2H3,(H,58,59)/b8-6-,14-12-,17-15-,20-18-,23-21-,27-26-,28-24-,34-32-,40-38-. The molecular formula is C55H94NO7P. The smallest absolute Gasteiger partial charge is 0.457 e. The number of allylic oxidation sites excluding steroid dienone is 18. The molecule has 0 aliphatic rings. The molecule has 0 saturated heterocycles. The van der Waals surface area contributed by atoms with Crippen LogP contribution in [-0.4, -0.2) is 49.9 Å². The van der Waals surface area contributed by atoms with Crippen molar-refractivity contribution in [3.63, 3.8) is 0 Å². The summed E-state index contributed by atoms with van der Waals surface area (Å²) in [5.41, 5.74) is 5.38. The molecule has 0 aromatic heterocycles. The Balaban J connectivity index is 4.08. The van der Waals surface area contributed by atoms with Crippen LogP contribution in [0.15, 0.2) is 109 Å². The summed E-state index contributed by atoms with van der Waals surface area (Å²) in [4.78, 5) is 22.6. The van der Waals surface area contributed by atoms with E-state index in [0.29, 0.717) is 13.0 Å². The van der Waals surface area contributed by atoms with Gasteiger partial charge in [0.2, 0.25) is 0 Å². The fraction of sp³-hybridized carbons (Fsp3) is 0.655. The average molecular weight is 912 g/mol. The third-order valence-electron chi connectivity index (χ3n) is 10.2. The van der Waals surface area contributed by atoms with Crippen LogP contribution in [0.5, 0.6) is 0 Å². The number of rotatable bonds is 47. The molecular weight excluding hydrogens is 818 g/mol. The molecule has 8 nitrogen and oxygen atoms in total. The van der Waals surface area contributed by atoms with Crippen LogP contribution in [0.4, 0.5) is 0 Å². The molecule has 0 bridgehead atoms. The molecule has 2 unspecified atom stereocenters. The number of esters is 1. The van der Waals surface area contributed by atoms with Crippen molar-refractivity contribution in [2.24, 2.45) is 5.73 Å². The first-order valence-corrected chi connectivity index (χ1v) is 26.9. The SMILES string of the molecule is CC/C=C\C/C=C\C/C=C\C/C=C\C/C=C\C/C=C\CCCCC(=O)OC(COCCCCCCCCCCC/C=C\C/C=C\C/C=C\CCCCCCC)COP(=O)(O)OCCN. The zero-order valence-electron chi connectivity index (χ0n) is 40.7. The van der Waals surface area contributed by atoms with Gasteiger partial charge in [0, 0.05) is 19.6 Å². The summed E-state index contributed by atoms with van der Waals surface area (Å²) < 4.78 is 33.5. The summed E-state index contributed by atoms with van der Waals surface area (Å²) in [7, 11) is -4.31. The van der Waals surface area contributed by atoms with Gasteiger partial charge >= 0.3 is 13.8 Å².